The Morgan fingerprint density at radius 1 is 0.692 bits per heavy atom. The zero-order valence-corrected chi connectivity index (χ0v) is 15.7. The number of nitrogens with zero attached hydrogens (tertiary/aromatic N) is 3. The zero-order valence-electron chi connectivity index (χ0n) is 15.7. The Bertz CT molecular complexity index is 944. The van der Waals surface area contributed by atoms with Crippen molar-refractivity contribution in [2.75, 3.05) is 0 Å². The normalized spacial score (nSPS) is 11.5. The van der Waals surface area contributed by atoms with E-state index in [4.69, 9.17) is 0 Å². The van der Waals surface area contributed by atoms with Crippen molar-refractivity contribution in [3.63, 3.8) is 0 Å². The van der Waals surface area contributed by atoms with Gasteiger partial charge in [-0.2, -0.15) is 0 Å². The molecule has 130 valence electrons. The maximum Gasteiger partial charge on any atom is 0.0820 e. The van der Waals surface area contributed by atoms with Crippen molar-refractivity contribution in [3.05, 3.63) is 88.2 Å². The van der Waals surface area contributed by atoms with Crippen LogP contribution < -0.4 is 0 Å². The summed E-state index contributed by atoms with van der Waals surface area (Å²) in [6.07, 6.45) is 3.60. The Morgan fingerprint density at radius 3 is 1.88 bits per heavy atom. The van der Waals surface area contributed by atoms with Crippen LogP contribution in [0.15, 0.2) is 64.6 Å². The van der Waals surface area contributed by atoms with E-state index in [1.165, 1.54) is 22.3 Å². The van der Waals surface area contributed by atoms with Gasteiger partial charge in [0.25, 0.3) is 0 Å². The molecule has 0 radical (unpaired) electrons. The second-order valence-electron chi connectivity index (χ2n) is 6.59. The lowest BCUT2D eigenvalue weighted by Crippen LogP contribution is -1.93. The first-order valence-electron chi connectivity index (χ1n) is 8.71. The fraction of sp³-hybridized carbons (Fsp3) is 0.174. The highest BCUT2D eigenvalue weighted by Crippen LogP contribution is 2.24. The third kappa shape index (κ3) is 4.51. The molecule has 3 rings (SSSR count). The van der Waals surface area contributed by atoms with Crippen LogP contribution >= 0.6 is 0 Å². The van der Waals surface area contributed by atoms with Crippen molar-refractivity contribution >= 4 is 23.8 Å². The fourth-order valence-corrected chi connectivity index (χ4v) is 2.89. The van der Waals surface area contributed by atoms with E-state index in [1.807, 2.05) is 36.5 Å². The highest BCUT2D eigenvalue weighted by Gasteiger charge is 2.02. The van der Waals surface area contributed by atoms with Crippen LogP contribution in [0.25, 0.3) is 0 Å². The zero-order chi connectivity index (χ0) is 18.5. The molecule has 0 saturated heterocycles. The lowest BCUT2D eigenvalue weighted by atomic mass is 10.1. The van der Waals surface area contributed by atoms with E-state index >= 15 is 0 Å². The largest absolute Gasteiger partial charge is 0.255 e. The molecule has 26 heavy (non-hydrogen) atoms. The third-order valence-electron chi connectivity index (χ3n) is 4.13. The van der Waals surface area contributed by atoms with Crippen LogP contribution in [0.1, 0.15) is 33.6 Å². The summed E-state index contributed by atoms with van der Waals surface area (Å²) in [5.74, 6) is 0. The van der Waals surface area contributed by atoms with Crippen molar-refractivity contribution in [3.8, 4) is 0 Å². The van der Waals surface area contributed by atoms with Crippen LogP contribution in [0.3, 0.4) is 0 Å². The maximum absolute atomic E-state index is 4.65. The number of aromatic nitrogens is 1. The molecule has 0 aliphatic heterocycles. The molecule has 2 aromatic carbocycles. The molecular formula is C23H23N3. The Hall–Kier alpha value is -3.07. The topological polar surface area (TPSA) is 37.6 Å². The fourth-order valence-electron chi connectivity index (χ4n) is 2.89. The average Bonchev–Trinajstić information content (AvgIpc) is 2.61. The summed E-state index contributed by atoms with van der Waals surface area (Å²) < 4.78 is 0. The molecular weight excluding hydrogens is 318 g/mol. The van der Waals surface area contributed by atoms with Gasteiger partial charge >= 0.3 is 0 Å². The number of aliphatic imine (C=N–C) groups is 2. The minimum Gasteiger partial charge on any atom is -0.255 e. The summed E-state index contributed by atoms with van der Waals surface area (Å²) in [5.41, 5.74) is 8.39. The second-order valence-corrected chi connectivity index (χ2v) is 6.59. The molecule has 0 spiro atoms. The minimum absolute atomic E-state index is 0.812. The van der Waals surface area contributed by atoms with Crippen molar-refractivity contribution in [1.29, 1.82) is 0 Å². The van der Waals surface area contributed by atoms with E-state index < -0.39 is 0 Å². The Balaban J connectivity index is 1.80. The van der Waals surface area contributed by atoms with E-state index in [2.05, 4.69) is 66.9 Å². The molecule has 3 heteroatoms. The number of hydrogen-bond donors (Lipinski definition) is 0. The number of rotatable bonds is 4. The summed E-state index contributed by atoms with van der Waals surface area (Å²) >= 11 is 0. The molecule has 0 N–H and O–H groups in total. The highest BCUT2D eigenvalue weighted by molar-refractivity contribution is 5.84. The van der Waals surface area contributed by atoms with Crippen molar-refractivity contribution in [2.24, 2.45) is 9.98 Å². The first-order chi connectivity index (χ1) is 12.5. The van der Waals surface area contributed by atoms with Gasteiger partial charge in [-0.15, -0.1) is 0 Å². The van der Waals surface area contributed by atoms with E-state index in [1.54, 1.807) is 6.21 Å². The molecule has 0 amide bonds. The maximum atomic E-state index is 4.65. The Kier molecular flexibility index (Phi) is 5.37. The summed E-state index contributed by atoms with van der Waals surface area (Å²) in [5, 5.41) is 0. The molecule has 0 bridgehead atoms. The number of benzene rings is 2. The monoisotopic (exact) mass is 341 g/mol. The van der Waals surface area contributed by atoms with Gasteiger partial charge in [-0.1, -0.05) is 41.5 Å². The van der Waals surface area contributed by atoms with Gasteiger partial charge in [0.1, 0.15) is 0 Å². The third-order valence-corrected chi connectivity index (χ3v) is 4.13. The van der Waals surface area contributed by atoms with E-state index in [-0.39, 0.29) is 0 Å². The lowest BCUT2D eigenvalue weighted by Gasteiger charge is -2.06. The van der Waals surface area contributed by atoms with Gasteiger partial charge in [-0.05, 0) is 63.1 Å². The highest BCUT2D eigenvalue weighted by atomic mass is 14.8. The first-order valence-corrected chi connectivity index (χ1v) is 8.71. The van der Waals surface area contributed by atoms with Crippen LogP contribution in [0.2, 0.25) is 0 Å². The van der Waals surface area contributed by atoms with E-state index in [0.717, 1.165) is 22.8 Å². The predicted octanol–water partition coefficient (Wildman–Crippen LogP) is 5.82. The molecule has 0 aliphatic carbocycles. The minimum atomic E-state index is 0.812. The van der Waals surface area contributed by atoms with Crippen LogP contribution in [0, 0.1) is 27.7 Å². The van der Waals surface area contributed by atoms with Crippen LogP contribution in [0.4, 0.5) is 11.4 Å². The number of aryl methyl sites for hydroxylation is 4. The smallest absolute Gasteiger partial charge is 0.0820 e. The van der Waals surface area contributed by atoms with Crippen molar-refractivity contribution in [2.45, 2.75) is 27.7 Å². The molecule has 0 unspecified atom stereocenters. The molecule has 0 atom stereocenters. The second kappa shape index (κ2) is 7.87. The van der Waals surface area contributed by atoms with Gasteiger partial charge in [0, 0.05) is 0 Å². The summed E-state index contributed by atoms with van der Waals surface area (Å²) in [6, 6.07) is 18.3. The molecule has 0 aliphatic rings. The lowest BCUT2D eigenvalue weighted by molar-refractivity contribution is 1.26. The SMILES string of the molecule is Cc1ccc(N=Cc2cccc(C=Nc3c(C)cc(C)cc3C)n2)cc1. The van der Waals surface area contributed by atoms with Crippen LogP contribution in [-0.2, 0) is 0 Å². The average molecular weight is 341 g/mol. The van der Waals surface area contributed by atoms with Crippen molar-refractivity contribution in [1.82, 2.24) is 4.98 Å². The van der Waals surface area contributed by atoms with Crippen LogP contribution in [0.5, 0.6) is 0 Å². The quantitative estimate of drug-likeness (QED) is 0.551. The molecule has 0 saturated carbocycles. The van der Waals surface area contributed by atoms with E-state index in [0.29, 0.717) is 0 Å². The summed E-state index contributed by atoms with van der Waals surface area (Å²) in [4.78, 5) is 13.7. The van der Waals surface area contributed by atoms with Gasteiger partial charge in [0.2, 0.25) is 0 Å². The summed E-state index contributed by atoms with van der Waals surface area (Å²) in [7, 11) is 0. The van der Waals surface area contributed by atoms with Gasteiger partial charge in [-0.25, -0.2) is 4.98 Å². The standard InChI is InChI=1S/C23H23N3/c1-16-8-10-20(11-9-16)24-14-21-6-5-7-22(26-21)15-25-23-18(3)12-17(2)13-19(23)4/h5-15H,1-4H3. The molecule has 0 fully saturated rings. The first kappa shape index (κ1) is 17.7. The van der Waals surface area contributed by atoms with Gasteiger partial charge < -0.3 is 0 Å². The van der Waals surface area contributed by atoms with Crippen LogP contribution in [-0.4, -0.2) is 17.4 Å². The number of pyridine rings is 1. The Labute approximate surface area is 155 Å². The van der Waals surface area contributed by atoms with E-state index in [9.17, 15) is 0 Å². The molecule has 3 nitrogen and oxygen atoms in total. The predicted molar refractivity (Wildman–Crippen MR) is 111 cm³/mol. The van der Waals surface area contributed by atoms with Gasteiger partial charge in [0.15, 0.2) is 0 Å². The van der Waals surface area contributed by atoms with Gasteiger partial charge in [0.05, 0.1) is 35.2 Å². The van der Waals surface area contributed by atoms with Crippen molar-refractivity contribution < 1.29 is 0 Å². The number of hydrogen-bond acceptors (Lipinski definition) is 3. The van der Waals surface area contributed by atoms with Gasteiger partial charge in [-0.3, -0.25) is 9.98 Å². The molecule has 1 heterocycles. The molecule has 1 aromatic heterocycles. The summed E-state index contributed by atoms with van der Waals surface area (Å²) in [6.45, 7) is 8.34. The Morgan fingerprint density at radius 2 is 1.27 bits per heavy atom. The molecule has 3 aromatic rings.